The number of piperazine rings is 1. The minimum atomic E-state index is -0.347. The zero-order chi connectivity index (χ0) is 20.6. The molecule has 0 aromatic heterocycles. The fourth-order valence-electron chi connectivity index (χ4n) is 3.02. The highest BCUT2D eigenvalue weighted by Gasteiger charge is 2.21. The second-order valence-electron chi connectivity index (χ2n) is 6.74. The fourth-order valence-corrected chi connectivity index (χ4v) is 3.21. The lowest BCUT2D eigenvalue weighted by Gasteiger charge is -2.34. The van der Waals surface area contributed by atoms with Crippen molar-refractivity contribution in [3.8, 4) is 5.75 Å². The third-order valence-electron chi connectivity index (χ3n) is 4.70. The molecule has 0 bridgehead atoms. The van der Waals surface area contributed by atoms with Crippen LogP contribution >= 0.6 is 11.6 Å². The van der Waals surface area contributed by atoms with E-state index in [0.717, 1.165) is 0 Å². The Morgan fingerprint density at radius 3 is 2.41 bits per heavy atom. The topological polar surface area (TPSA) is 61.9 Å². The van der Waals surface area contributed by atoms with E-state index in [1.807, 2.05) is 12.1 Å². The van der Waals surface area contributed by atoms with Gasteiger partial charge in [0.05, 0.1) is 10.7 Å². The van der Waals surface area contributed by atoms with Crippen LogP contribution in [0.1, 0.15) is 6.42 Å². The van der Waals surface area contributed by atoms with Crippen LogP contribution in [0.15, 0.2) is 48.5 Å². The number of amides is 2. The predicted molar refractivity (Wildman–Crippen MR) is 110 cm³/mol. The van der Waals surface area contributed by atoms with Gasteiger partial charge in [-0.2, -0.15) is 0 Å². The average Bonchev–Trinajstić information content (AvgIpc) is 2.74. The summed E-state index contributed by atoms with van der Waals surface area (Å²) in [4.78, 5) is 28.3. The minimum Gasteiger partial charge on any atom is -0.484 e. The van der Waals surface area contributed by atoms with E-state index in [2.05, 4.69) is 10.2 Å². The second kappa shape index (κ2) is 10.2. The summed E-state index contributed by atoms with van der Waals surface area (Å²) in [7, 11) is 0. The number of anilines is 1. The summed E-state index contributed by atoms with van der Waals surface area (Å²) in [5.41, 5.74) is 0.607. The second-order valence-corrected chi connectivity index (χ2v) is 7.15. The highest BCUT2D eigenvalue weighted by atomic mass is 35.5. The number of halogens is 2. The molecule has 154 valence electrons. The van der Waals surface area contributed by atoms with Gasteiger partial charge in [0.2, 0.25) is 5.91 Å². The molecule has 0 saturated carbocycles. The molecule has 2 aromatic carbocycles. The van der Waals surface area contributed by atoms with Crippen LogP contribution in [0.2, 0.25) is 5.02 Å². The van der Waals surface area contributed by atoms with E-state index in [0.29, 0.717) is 55.6 Å². The highest BCUT2D eigenvalue weighted by Crippen LogP contribution is 2.20. The molecule has 1 N–H and O–H groups in total. The zero-order valence-electron chi connectivity index (χ0n) is 15.9. The molecule has 0 unspecified atom stereocenters. The van der Waals surface area contributed by atoms with E-state index in [1.165, 1.54) is 24.3 Å². The van der Waals surface area contributed by atoms with Gasteiger partial charge in [0.25, 0.3) is 5.91 Å². The molecular weight excluding hydrogens is 397 g/mol. The largest absolute Gasteiger partial charge is 0.484 e. The Hall–Kier alpha value is -2.64. The normalized spacial score (nSPS) is 14.5. The SMILES string of the molecule is O=C(CCN1CCN(C(=O)COc2ccc(F)cc2)CC1)Nc1ccccc1Cl. The molecule has 0 aliphatic carbocycles. The van der Waals surface area contributed by atoms with Crippen molar-refractivity contribution < 1.29 is 18.7 Å². The number of hydrogen-bond acceptors (Lipinski definition) is 4. The van der Waals surface area contributed by atoms with E-state index < -0.39 is 0 Å². The molecule has 1 aliphatic rings. The molecule has 0 spiro atoms. The summed E-state index contributed by atoms with van der Waals surface area (Å²) in [6, 6.07) is 12.7. The first-order chi connectivity index (χ1) is 14.0. The Morgan fingerprint density at radius 2 is 1.72 bits per heavy atom. The molecule has 2 amide bonds. The molecule has 1 saturated heterocycles. The lowest BCUT2D eigenvalue weighted by atomic mass is 10.2. The van der Waals surface area contributed by atoms with Crippen molar-refractivity contribution in [1.82, 2.24) is 9.80 Å². The summed E-state index contributed by atoms with van der Waals surface area (Å²) in [6.45, 7) is 3.09. The van der Waals surface area contributed by atoms with Crippen LogP contribution in [-0.4, -0.2) is 60.9 Å². The summed E-state index contributed by atoms with van der Waals surface area (Å²) >= 11 is 6.05. The Balaban J connectivity index is 1.35. The van der Waals surface area contributed by atoms with Crippen LogP contribution < -0.4 is 10.1 Å². The molecular formula is C21H23ClFN3O3. The van der Waals surface area contributed by atoms with Crippen LogP contribution in [-0.2, 0) is 9.59 Å². The average molecular weight is 420 g/mol. The van der Waals surface area contributed by atoms with Gasteiger partial charge in [-0.25, -0.2) is 4.39 Å². The minimum absolute atomic E-state index is 0.0775. The fraction of sp³-hybridized carbons (Fsp3) is 0.333. The maximum Gasteiger partial charge on any atom is 0.260 e. The van der Waals surface area contributed by atoms with E-state index in [4.69, 9.17) is 16.3 Å². The molecule has 1 fully saturated rings. The predicted octanol–water partition coefficient (Wildman–Crippen LogP) is 3.03. The van der Waals surface area contributed by atoms with Crippen molar-refractivity contribution >= 4 is 29.1 Å². The number of carbonyl (C=O) groups excluding carboxylic acids is 2. The summed E-state index contributed by atoms with van der Waals surface area (Å²) in [5, 5.41) is 3.32. The van der Waals surface area contributed by atoms with Crippen molar-refractivity contribution in [2.24, 2.45) is 0 Å². The number of nitrogens with zero attached hydrogens (tertiary/aromatic N) is 2. The number of nitrogens with one attached hydrogen (secondary N) is 1. The summed E-state index contributed by atoms with van der Waals surface area (Å²) in [6.07, 6.45) is 0.354. The van der Waals surface area contributed by atoms with Gasteiger partial charge in [0.1, 0.15) is 11.6 Å². The lowest BCUT2D eigenvalue weighted by Crippen LogP contribution is -2.50. The Kier molecular flexibility index (Phi) is 7.43. The van der Waals surface area contributed by atoms with E-state index >= 15 is 0 Å². The van der Waals surface area contributed by atoms with Crippen LogP contribution in [0, 0.1) is 5.82 Å². The van der Waals surface area contributed by atoms with Gasteiger partial charge in [0.15, 0.2) is 6.61 Å². The van der Waals surface area contributed by atoms with Crippen molar-refractivity contribution in [3.63, 3.8) is 0 Å². The molecule has 0 atom stereocenters. The number of rotatable bonds is 7. The van der Waals surface area contributed by atoms with E-state index in [1.54, 1.807) is 17.0 Å². The molecule has 2 aromatic rings. The van der Waals surface area contributed by atoms with Gasteiger partial charge < -0.3 is 15.0 Å². The third kappa shape index (κ3) is 6.44. The van der Waals surface area contributed by atoms with Crippen molar-refractivity contribution in [1.29, 1.82) is 0 Å². The van der Waals surface area contributed by atoms with Gasteiger partial charge in [-0.15, -0.1) is 0 Å². The molecule has 8 heteroatoms. The number of carbonyl (C=O) groups is 2. The third-order valence-corrected chi connectivity index (χ3v) is 5.03. The maximum atomic E-state index is 12.9. The van der Waals surface area contributed by atoms with Gasteiger partial charge >= 0.3 is 0 Å². The molecule has 1 heterocycles. The Morgan fingerprint density at radius 1 is 1.03 bits per heavy atom. The molecule has 1 aliphatic heterocycles. The van der Waals surface area contributed by atoms with Gasteiger partial charge in [-0.1, -0.05) is 23.7 Å². The summed E-state index contributed by atoms with van der Waals surface area (Å²) < 4.78 is 18.3. The highest BCUT2D eigenvalue weighted by molar-refractivity contribution is 6.33. The van der Waals surface area contributed by atoms with Gasteiger partial charge in [-0.3, -0.25) is 14.5 Å². The van der Waals surface area contributed by atoms with E-state index in [9.17, 15) is 14.0 Å². The number of ether oxygens (including phenoxy) is 1. The first kappa shape index (κ1) is 21.1. The molecule has 0 radical (unpaired) electrons. The Bertz CT molecular complexity index is 839. The van der Waals surface area contributed by atoms with Crippen LogP contribution in [0.5, 0.6) is 5.75 Å². The van der Waals surface area contributed by atoms with Gasteiger partial charge in [-0.05, 0) is 36.4 Å². The monoisotopic (exact) mass is 419 g/mol. The number of para-hydroxylation sites is 1. The summed E-state index contributed by atoms with van der Waals surface area (Å²) in [5.74, 6) is -0.0852. The quantitative estimate of drug-likeness (QED) is 0.749. The number of benzene rings is 2. The maximum absolute atomic E-state index is 12.9. The van der Waals surface area contributed by atoms with Gasteiger partial charge in [0, 0.05) is 39.1 Å². The lowest BCUT2D eigenvalue weighted by molar-refractivity contribution is -0.135. The first-order valence-electron chi connectivity index (χ1n) is 9.44. The first-order valence-corrected chi connectivity index (χ1v) is 9.82. The van der Waals surface area contributed by atoms with Crippen LogP contribution in [0.4, 0.5) is 10.1 Å². The van der Waals surface area contributed by atoms with E-state index in [-0.39, 0.29) is 24.2 Å². The molecule has 6 nitrogen and oxygen atoms in total. The van der Waals surface area contributed by atoms with Crippen LogP contribution in [0.25, 0.3) is 0 Å². The van der Waals surface area contributed by atoms with Crippen molar-refractivity contribution in [3.05, 3.63) is 59.4 Å². The zero-order valence-corrected chi connectivity index (χ0v) is 16.7. The Labute approximate surface area is 174 Å². The van der Waals surface area contributed by atoms with Crippen LogP contribution in [0.3, 0.4) is 0 Å². The number of hydrogen-bond donors (Lipinski definition) is 1. The molecule has 3 rings (SSSR count). The standard InChI is InChI=1S/C21H23ClFN3O3/c22-18-3-1-2-4-19(18)24-20(27)9-10-25-11-13-26(14-12-25)21(28)15-29-17-7-5-16(23)6-8-17/h1-8H,9-15H2,(H,24,27). The van der Waals surface area contributed by atoms with Crippen molar-refractivity contribution in [2.75, 3.05) is 44.6 Å². The smallest absolute Gasteiger partial charge is 0.260 e. The van der Waals surface area contributed by atoms with Crippen molar-refractivity contribution in [2.45, 2.75) is 6.42 Å². The molecule has 29 heavy (non-hydrogen) atoms.